The number of ether oxygens (including phenoxy) is 3. The van der Waals surface area contributed by atoms with E-state index in [1.807, 2.05) is 0 Å². The molecule has 10 nitrogen and oxygen atoms in total. The number of aryl methyl sites for hydroxylation is 1. The van der Waals surface area contributed by atoms with Crippen LogP contribution in [0.3, 0.4) is 0 Å². The van der Waals surface area contributed by atoms with Gasteiger partial charge < -0.3 is 24.4 Å². The molecule has 2 aromatic rings. The second-order valence-electron chi connectivity index (χ2n) is 12.6. The molecule has 2 amide bonds. The molecule has 3 aliphatic rings. The summed E-state index contributed by atoms with van der Waals surface area (Å²) in [5.41, 5.74) is 0.536. The lowest BCUT2D eigenvalue weighted by molar-refractivity contribution is -0.150. The van der Waals surface area contributed by atoms with Crippen LogP contribution in [0.2, 0.25) is 0 Å². The number of fused-ring (bicyclic) bond motifs is 5. The Kier molecular flexibility index (Phi) is 8.02. The third-order valence-corrected chi connectivity index (χ3v) is 8.28. The number of halogens is 2. The molecule has 1 aromatic carbocycles. The molecular weight excluding hydrogens is 550 g/mol. The molecule has 0 radical (unpaired) electrons. The van der Waals surface area contributed by atoms with Crippen molar-refractivity contribution in [2.45, 2.75) is 96.4 Å². The van der Waals surface area contributed by atoms with E-state index >= 15 is 8.78 Å². The fourth-order valence-electron chi connectivity index (χ4n) is 5.83. The van der Waals surface area contributed by atoms with E-state index in [1.54, 1.807) is 39.0 Å². The molecule has 2 fully saturated rings. The molecular formula is C30H38F2N4O6. The first-order chi connectivity index (χ1) is 19.8. The van der Waals surface area contributed by atoms with Crippen LogP contribution in [0.25, 0.3) is 11.0 Å². The Hall–Kier alpha value is -3.57. The summed E-state index contributed by atoms with van der Waals surface area (Å²) in [7, 11) is 1.51. The van der Waals surface area contributed by atoms with Gasteiger partial charge in [0, 0.05) is 6.07 Å². The smallest absolute Gasteiger partial charge is 0.408 e. The van der Waals surface area contributed by atoms with Gasteiger partial charge in [0.2, 0.25) is 11.8 Å². The average Bonchev–Trinajstić information content (AvgIpc) is 3.58. The van der Waals surface area contributed by atoms with Gasteiger partial charge in [-0.2, -0.15) is 8.78 Å². The Morgan fingerprint density at radius 1 is 1.12 bits per heavy atom. The summed E-state index contributed by atoms with van der Waals surface area (Å²) < 4.78 is 48.7. The maximum absolute atomic E-state index is 16.0. The van der Waals surface area contributed by atoms with Crippen LogP contribution < -0.4 is 14.8 Å². The number of hydrogen-bond donors (Lipinski definition) is 1. The van der Waals surface area contributed by atoms with E-state index in [0.29, 0.717) is 28.9 Å². The van der Waals surface area contributed by atoms with Crippen LogP contribution in [0.5, 0.6) is 11.6 Å². The van der Waals surface area contributed by atoms with Crippen molar-refractivity contribution in [3.63, 3.8) is 0 Å². The number of amides is 2. The van der Waals surface area contributed by atoms with Gasteiger partial charge in [-0.15, -0.1) is 0 Å². The number of methoxy groups -OCH3 is 1. The minimum atomic E-state index is -3.74. The molecule has 1 N–H and O–H groups in total. The number of carbonyl (C=O) groups is 3. The van der Waals surface area contributed by atoms with Gasteiger partial charge >= 0.3 is 12.0 Å². The lowest BCUT2D eigenvalue weighted by Crippen LogP contribution is -2.58. The van der Waals surface area contributed by atoms with Crippen LogP contribution >= 0.6 is 0 Å². The van der Waals surface area contributed by atoms with Gasteiger partial charge in [-0.25, -0.2) is 14.8 Å². The first-order valence-corrected chi connectivity index (χ1v) is 14.5. The Morgan fingerprint density at radius 2 is 1.88 bits per heavy atom. The Labute approximate surface area is 243 Å². The number of alkyl halides is 2. The number of rotatable bonds is 2. The molecule has 5 atom stereocenters. The minimum Gasteiger partial charge on any atom is -0.497 e. The van der Waals surface area contributed by atoms with E-state index in [0.717, 1.165) is 43.9 Å². The van der Waals surface area contributed by atoms with Crippen LogP contribution in [0.15, 0.2) is 18.2 Å². The Balaban J connectivity index is 1.54. The Morgan fingerprint density at radius 3 is 2.57 bits per heavy atom. The summed E-state index contributed by atoms with van der Waals surface area (Å²) in [6.07, 6.45) is 1.66. The van der Waals surface area contributed by atoms with E-state index in [2.05, 4.69) is 10.3 Å². The highest BCUT2D eigenvalue weighted by atomic mass is 19.3. The van der Waals surface area contributed by atoms with E-state index < -0.39 is 53.9 Å². The minimum absolute atomic E-state index is 0.0607. The van der Waals surface area contributed by atoms with Crippen molar-refractivity contribution in [3.8, 4) is 11.6 Å². The first-order valence-electron chi connectivity index (χ1n) is 14.5. The number of benzene rings is 1. The lowest BCUT2D eigenvalue weighted by Gasteiger charge is -2.35. The summed E-state index contributed by atoms with van der Waals surface area (Å²) in [5.74, 6) is -4.74. The molecule has 5 rings (SSSR count). The SMILES string of the molecule is COc1ccc2nc3c(nc2c1)O[C@H]1CN(C(=O)[C@H](C(C)(C)C)NC(=O)O[C@@H]2C[C@H]2CCCCC3)[C@H](C(C)=O)C1(F)F. The summed E-state index contributed by atoms with van der Waals surface area (Å²) in [6.45, 7) is 5.56. The van der Waals surface area contributed by atoms with Crippen molar-refractivity contribution in [2.24, 2.45) is 11.3 Å². The van der Waals surface area contributed by atoms with Crippen LogP contribution in [-0.2, 0) is 20.7 Å². The molecule has 0 unspecified atom stereocenters. The highest BCUT2D eigenvalue weighted by molar-refractivity contribution is 5.93. The third-order valence-electron chi connectivity index (χ3n) is 8.28. The van der Waals surface area contributed by atoms with Gasteiger partial charge in [0.1, 0.15) is 23.6 Å². The van der Waals surface area contributed by atoms with E-state index in [1.165, 1.54) is 7.11 Å². The summed E-state index contributed by atoms with van der Waals surface area (Å²) in [6, 6.07) is 1.84. The van der Waals surface area contributed by atoms with E-state index in [9.17, 15) is 14.4 Å². The van der Waals surface area contributed by atoms with Crippen LogP contribution in [0.4, 0.5) is 13.6 Å². The van der Waals surface area contributed by atoms with Crippen molar-refractivity contribution in [2.75, 3.05) is 13.7 Å². The third kappa shape index (κ3) is 5.98. The largest absolute Gasteiger partial charge is 0.497 e. The molecule has 228 valence electrons. The van der Waals surface area contributed by atoms with E-state index in [4.69, 9.17) is 19.2 Å². The predicted molar refractivity (Wildman–Crippen MR) is 149 cm³/mol. The van der Waals surface area contributed by atoms with Gasteiger partial charge in [0.25, 0.3) is 0 Å². The van der Waals surface area contributed by atoms with Gasteiger partial charge in [-0.1, -0.05) is 33.6 Å². The Bertz CT molecular complexity index is 1380. The summed E-state index contributed by atoms with van der Waals surface area (Å²) in [4.78, 5) is 49.3. The zero-order valence-electron chi connectivity index (χ0n) is 24.6. The molecule has 1 saturated carbocycles. The van der Waals surface area contributed by atoms with Gasteiger partial charge in [0.05, 0.1) is 24.7 Å². The first kappa shape index (κ1) is 29.9. The van der Waals surface area contributed by atoms with Crippen molar-refractivity contribution in [3.05, 3.63) is 23.9 Å². The van der Waals surface area contributed by atoms with Crippen LogP contribution in [0, 0.1) is 11.3 Å². The van der Waals surface area contributed by atoms with Crippen molar-refractivity contribution < 1.29 is 37.4 Å². The monoisotopic (exact) mass is 588 g/mol. The number of carbonyl (C=O) groups excluding carboxylic acids is 3. The van der Waals surface area contributed by atoms with Crippen molar-refractivity contribution >= 4 is 28.8 Å². The summed E-state index contributed by atoms with van der Waals surface area (Å²) >= 11 is 0. The number of Topliss-reactive ketones (excluding diaryl/α,β-unsaturated/α-hetero) is 1. The summed E-state index contributed by atoms with van der Waals surface area (Å²) in [5, 5.41) is 2.60. The maximum Gasteiger partial charge on any atom is 0.408 e. The van der Waals surface area contributed by atoms with Crippen LogP contribution in [-0.4, -0.2) is 76.5 Å². The molecule has 2 bridgehead atoms. The van der Waals surface area contributed by atoms with Gasteiger partial charge in [-0.05, 0) is 56.1 Å². The fourth-order valence-corrected chi connectivity index (χ4v) is 5.83. The normalized spacial score (nSPS) is 28.4. The molecule has 3 heterocycles. The highest BCUT2D eigenvalue weighted by Gasteiger charge is 2.63. The molecule has 1 aromatic heterocycles. The van der Waals surface area contributed by atoms with Crippen molar-refractivity contribution in [1.82, 2.24) is 20.2 Å². The average molecular weight is 589 g/mol. The van der Waals surface area contributed by atoms with E-state index in [-0.39, 0.29) is 17.9 Å². The quantitative estimate of drug-likeness (QED) is 0.546. The lowest BCUT2D eigenvalue weighted by atomic mass is 9.85. The number of hydrogen-bond acceptors (Lipinski definition) is 8. The van der Waals surface area contributed by atoms with Crippen molar-refractivity contribution in [1.29, 1.82) is 0 Å². The number of alkyl carbamates (subject to hydrolysis) is 1. The standard InChI is InChI=1S/C30H38F2N4O6/c1-16(37)25-30(31,32)23-15-36(25)27(38)24(29(2,3)4)35-28(39)41-22-13-17(22)9-7-6-8-10-20-26(42-23)34-21-14-18(40-5)11-12-19(21)33-20/h11-12,14,17,22-25H,6-10,13,15H2,1-5H3,(H,35,39)/t17-,22-,23+,24-,25-/m1/s1. The number of ketones is 1. The zero-order chi connectivity index (χ0) is 30.4. The molecule has 42 heavy (non-hydrogen) atoms. The highest BCUT2D eigenvalue weighted by Crippen LogP contribution is 2.41. The second-order valence-corrected chi connectivity index (χ2v) is 12.6. The number of nitrogens with zero attached hydrogens (tertiary/aromatic N) is 3. The topological polar surface area (TPSA) is 120 Å². The predicted octanol–water partition coefficient (Wildman–Crippen LogP) is 4.47. The van der Waals surface area contributed by atoms with Crippen LogP contribution in [0.1, 0.15) is 65.5 Å². The second kappa shape index (κ2) is 11.3. The number of aromatic nitrogens is 2. The molecule has 1 aliphatic carbocycles. The molecule has 1 saturated heterocycles. The molecule has 0 spiro atoms. The maximum atomic E-state index is 16.0. The van der Waals surface area contributed by atoms with Gasteiger partial charge in [-0.3, -0.25) is 9.59 Å². The molecule has 2 aliphatic heterocycles. The van der Waals surface area contributed by atoms with Gasteiger partial charge in [0.15, 0.2) is 17.9 Å². The zero-order valence-corrected chi connectivity index (χ0v) is 24.6. The number of nitrogens with one attached hydrogen (secondary N) is 1. The molecule has 12 heteroatoms. The fraction of sp³-hybridized carbons (Fsp3) is 0.633.